The zero-order chi connectivity index (χ0) is 11.1. The highest BCUT2D eigenvalue weighted by Crippen LogP contribution is 2.52. The predicted octanol–water partition coefficient (Wildman–Crippen LogP) is 4.65. The molecule has 0 spiro atoms. The van der Waals surface area contributed by atoms with Crippen molar-refractivity contribution in [2.45, 2.75) is 46.5 Å². The summed E-state index contributed by atoms with van der Waals surface area (Å²) < 4.78 is 0. The average molecular weight is 202 g/mol. The van der Waals surface area contributed by atoms with Crippen molar-refractivity contribution in [2.75, 3.05) is 0 Å². The Balaban J connectivity index is 2.21. The van der Waals surface area contributed by atoms with E-state index in [-0.39, 0.29) is 0 Å². The van der Waals surface area contributed by atoms with Gasteiger partial charge in [0.2, 0.25) is 0 Å². The van der Waals surface area contributed by atoms with E-state index in [1.165, 1.54) is 30.4 Å². The Kier molecular flexibility index (Phi) is 2.62. The van der Waals surface area contributed by atoms with Crippen molar-refractivity contribution in [1.82, 2.24) is 0 Å². The normalized spacial score (nSPS) is 36.5. The summed E-state index contributed by atoms with van der Waals surface area (Å²) in [6.45, 7) is 11.2. The molecule has 0 saturated heterocycles. The molecule has 0 amide bonds. The van der Waals surface area contributed by atoms with Crippen LogP contribution in [0.5, 0.6) is 0 Å². The van der Waals surface area contributed by atoms with E-state index in [1.54, 1.807) is 5.57 Å². The van der Waals surface area contributed by atoms with Gasteiger partial charge in [0.15, 0.2) is 0 Å². The minimum atomic E-state index is 0.397. The first-order valence-electron chi connectivity index (χ1n) is 6.07. The molecule has 0 aromatic carbocycles. The molecule has 15 heavy (non-hydrogen) atoms. The fourth-order valence-corrected chi connectivity index (χ4v) is 2.94. The minimum Gasteiger partial charge on any atom is -0.0996 e. The van der Waals surface area contributed by atoms with Gasteiger partial charge in [0, 0.05) is 0 Å². The summed E-state index contributed by atoms with van der Waals surface area (Å²) in [5.41, 5.74) is 5.02. The molecule has 0 radical (unpaired) electrons. The molecule has 0 aromatic rings. The van der Waals surface area contributed by atoms with Crippen LogP contribution < -0.4 is 0 Å². The lowest BCUT2D eigenvalue weighted by molar-refractivity contribution is 0.321. The summed E-state index contributed by atoms with van der Waals surface area (Å²) in [6, 6.07) is 0. The second-order valence-electron chi connectivity index (χ2n) is 5.49. The second kappa shape index (κ2) is 3.66. The maximum absolute atomic E-state index is 4.20. The standard InChI is InChI=1S/C15H22/c1-11-5-7-14(8-6-11)15(4)10-9-12(2)13(15)3/h5,8,13H,2,6-7,9-10H2,1,3-4H3. The maximum Gasteiger partial charge on any atom is -0.00475 e. The Morgan fingerprint density at radius 3 is 2.53 bits per heavy atom. The van der Waals surface area contributed by atoms with Gasteiger partial charge < -0.3 is 0 Å². The van der Waals surface area contributed by atoms with Gasteiger partial charge in [-0.3, -0.25) is 0 Å². The van der Waals surface area contributed by atoms with Crippen LogP contribution in [0.25, 0.3) is 0 Å². The summed E-state index contributed by atoms with van der Waals surface area (Å²) in [4.78, 5) is 0. The molecular formula is C15H22. The van der Waals surface area contributed by atoms with Gasteiger partial charge in [-0.1, -0.05) is 49.3 Å². The first-order valence-corrected chi connectivity index (χ1v) is 6.07. The van der Waals surface area contributed by atoms with E-state index in [9.17, 15) is 0 Å². The molecule has 1 fully saturated rings. The number of hydrogen-bond donors (Lipinski definition) is 0. The molecule has 2 aliphatic carbocycles. The van der Waals surface area contributed by atoms with Crippen molar-refractivity contribution in [3.63, 3.8) is 0 Å². The quantitative estimate of drug-likeness (QED) is 0.543. The minimum absolute atomic E-state index is 0.397. The third kappa shape index (κ3) is 1.71. The lowest BCUT2D eigenvalue weighted by Crippen LogP contribution is -2.23. The van der Waals surface area contributed by atoms with Crippen LogP contribution in [0.3, 0.4) is 0 Å². The van der Waals surface area contributed by atoms with Gasteiger partial charge in [0.25, 0.3) is 0 Å². The summed E-state index contributed by atoms with van der Waals surface area (Å²) in [7, 11) is 0. The number of hydrogen-bond acceptors (Lipinski definition) is 0. The van der Waals surface area contributed by atoms with Crippen molar-refractivity contribution in [2.24, 2.45) is 11.3 Å². The molecule has 0 heterocycles. The molecule has 2 rings (SSSR count). The lowest BCUT2D eigenvalue weighted by atomic mass is 9.71. The SMILES string of the molecule is C=C1CCC(C)(C2=CCC(C)=CC2)C1C. The van der Waals surface area contributed by atoms with E-state index >= 15 is 0 Å². The number of allylic oxidation sites excluding steroid dienone is 5. The fourth-order valence-electron chi connectivity index (χ4n) is 2.94. The monoisotopic (exact) mass is 202 g/mol. The van der Waals surface area contributed by atoms with Crippen molar-refractivity contribution < 1.29 is 0 Å². The van der Waals surface area contributed by atoms with Crippen LogP contribution in [0.2, 0.25) is 0 Å². The van der Waals surface area contributed by atoms with Gasteiger partial charge in [-0.15, -0.1) is 0 Å². The smallest absolute Gasteiger partial charge is 0.00475 e. The molecular weight excluding hydrogens is 180 g/mol. The highest BCUT2D eigenvalue weighted by atomic mass is 14.4. The van der Waals surface area contributed by atoms with Crippen LogP contribution in [0.15, 0.2) is 35.5 Å². The summed E-state index contributed by atoms with van der Waals surface area (Å²) >= 11 is 0. The average Bonchev–Trinajstić information content (AvgIpc) is 2.48. The van der Waals surface area contributed by atoms with Crippen LogP contribution in [0.4, 0.5) is 0 Å². The Morgan fingerprint density at radius 1 is 1.33 bits per heavy atom. The number of rotatable bonds is 1. The molecule has 2 unspecified atom stereocenters. The lowest BCUT2D eigenvalue weighted by Gasteiger charge is -2.34. The summed E-state index contributed by atoms with van der Waals surface area (Å²) in [5, 5.41) is 0. The molecule has 0 aromatic heterocycles. The van der Waals surface area contributed by atoms with Crippen LogP contribution >= 0.6 is 0 Å². The highest BCUT2D eigenvalue weighted by Gasteiger charge is 2.40. The fraction of sp³-hybridized carbons (Fsp3) is 0.600. The maximum atomic E-state index is 4.20. The van der Waals surface area contributed by atoms with Gasteiger partial charge in [-0.2, -0.15) is 0 Å². The van der Waals surface area contributed by atoms with E-state index in [1.807, 2.05) is 0 Å². The highest BCUT2D eigenvalue weighted by molar-refractivity contribution is 5.31. The van der Waals surface area contributed by atoms with E-state index in [0.29, 0.717) is 11.3 Å². The molecule has 0 nitrogen and oxygen atoms in total. The first kappa shape index (κ1) is 10.7. The molecule has 1 saturated carbocycles. The third-order valence-corrected chi connectivity index (χ3v) is 4.61. The zero-order valence-corrected chi connectivity index (χ0v) is 10.3. The van der Waals surface area contributed by atoms with Crippen LogP contribution in [0.1, 0.15) is 46.5 Å². The largest absolute Gasteiger partial charge is 0.0996 e. The first-order chi connectivity index (χ1) is 7.04. The van der Waals surface area contributed by atoms with Crippen molar-refractivity contribution in [3.05, 3.63) is 35.5 Å². The van der Waals surface area contributed by atoms with Crippen molar-refractivity contribution in [1.29, 1.82) is 0 Å². The van der Waals surface area contributed by atoms with E-state index in [2.05, 4.69) is 39.5 Å². The molecule has 2 atom stereocenters. The van der Waals surface area contributed by atoms with Crippen molar-refractivity contribution in [3.8, 4) is 0 Å². The van der Waals surface area contributed by atoms with E-state index < -0.39 is 0 Å². The Bertz CT molecular complexity index is 343. The van der Waals surface area contributed by atoms with Crippen LogP contribution in [-0.4, -0.2) is 0 Å². The summed E-state index contributed by atoms with van der Waals surface area (Å²) in [6.07, 6.45) is 9.70. The Morgan fingerprint density at radius 2 is 2.07 bits per heavy atom. The van der Waals surface area contributed by atoms with Crippen LogP contribution in [-0.2, 0) is 0 Å². The molecule has 2 aliphatic rings. The molecule has 0 heteroatoms. The molecule has 0 N–H and O–H groups in total. The van der Waals surface area contributed by atoms with Crippen LogP contribution in [0, 0.1) is 11.3 Å². The second-order valence-corrected chi connectivity index (χ2v) is 5.49. The van der Waals surface area contributed by atoms with Gasteiger partial charge in [0.1, 0.15) is 0 Å². The summed E-state index contributed by atoms with van der Waals surface area (Å²) in [5.74, 6) is 0.663. The van der Waals surface area contributed by atoms with Gasteiger partial charge in [-0.25, -0.2) is 0 Å². The third-order valence-electron chi connectivity index (χ3n) is 4.61. The van der Waals surface area contributed by atoms with E-state index in [0.717, 1.165) is 6.42 Å². The van der Waals surface area contributed by atoms with Crippen molar-refractivity contribution >= 4 is 0 Å². The topological polar surface area (TPSA) is 0 Å². The van der Waals surface area contributed by atoms with Gasteiger partial charge >= 0.3 is 0 Å². The predicted molar refractivity (Wildman–Crippen MR) is 66.7 cm³/mol. The van der Waals surface area contributed by atoms with Gasteiger partial charge in [-0.05, 0) is 43.9 Å². The molecule has 82 valence electrons. The Hall–Kier alpha value is -0.780. The van der Waals surface area contributed by atoms with E-state index in [4.69, 9.17) is 0 Å². The zero-order valence-electron chi connectivity index (χ0n) is 10.3. The van der Waals surface area contributed by atoms with Gasteiger partial charge in [0.05, 0.1) is 0 Å². The molecule has 0 bridgehead atoms. The Labute approximate surface area is 93.8 Å². The molecule has 0 aliphatic heterocycles.